The number of sulfonamides is 1. The first kappa shape index (κ1) is 22.4. The van der Waals surface area contributed by atoms with Crippen molar-refractivity contribution in [3.8, 4) is 5.69 Å². The van der Waals surface area contributed by atoms with Gasteiger partial charge < -0.3 is 4.57 Å². The first-order valence-electron chi connectivity index (χ1n) is 10.5. The van der Waals surface area contributed by atoms with Gasteiger partial charge in [0.05, 0.1) is 5.69 Å². The van der Waals surface area contributed by atoms with Crippen molar-refractivity contribution in [2.45, 2.75) is 31.1 Å². The Labute approximate surface area is 193 Å². The number of anilines is 1. The smallest absolute Gasteiger partial charge is 0.263 e. The molecule has 0 bridgehead atoms. The number of carbonyl (C=O) groups is 1. The molecule has 0 aliphatic heterocycles. The number of carbonyl (C=O) groups excluding carboxylic acids is 1. The number of ketones is 1. The second-order valence-electron chi connectivity index (χ2n) is 7.69. The normalized spacial score (nSPS) is 11.3. The lowest BCUT2D eigenvalue weighted by Gasteiger charge is -2.14. The largest absolute Gasteiger partial charge is 0.303 e. The Bertz CT molecular complexity index is 1350. The fourth-order valence-corrected chi connectivity index (χ4v) is 4.82. The fourth-order valence-electron chi connectivity index (χ4n) is 3.56. The Hall–Kier alpha value is -3.78. The van der Waals surface area contributed by atoms with Gasteiger partial charge in [-0.3, -0.25) is 14.5 Å². The zero-order valence-corrected chi connectivity index (χ0v) is 19.0. The lowest BCUT2D eigenvalue weighted by atomic mass is 10.0. The summed E-state index contributed by atoms with van der Waals surface area (Å²) in [6.45, 7) is 1.81. The van der Waals surface area contributed by atoms with Gasteiger partial charge in [0.1, 0.15) is 16.5 Å². The number of Topliss-reactive ketones (excluding diaryl/α,β-unsaturated/α-hetero) is 1. The first-order chi connectivity index (χ1) is 15.9. The molecule has 8 heteroatoms. The second-order valence-corrected chi connectivity index (χ2v) is 9.34. The summed E-state index contributed by atoms with van der Waals surface area (Å²) in [6.07, 6.45) is 8.21. The van der Waals surface area contributed by atoms with E-state index in [9.17, 15) is 13.2 Å². The van der Waals surface area contributed by atoms with Crippen molar-refractivity contribution < 1.29 is 13.2 Å². The number of nitrogens with one attached hydrogen (secondary N) is 1. The molecule has 4 rings (SSSR count). The number of imidazole rings is 1. The molecule has 0 amide bonds. The number of hydrogen-bond acceptors (Lipinski definition) is 5. The minimum atomic E-state index is -3.83. The summed E-state index contributed by atoms with van der Waals surface area (Å²) < 4.78 is 30.6. The molecule has 0 spiro atoms. The monoisotopic (exact) mass is 460 g/mol. The van der Waals surface area contributed by atoms with E-state index >= 15 is 0 Å². The summed E-state index contributed by atoms with van der Waals surface area (Å²) in [6, 6.07) is 17.5. The van der Waals surface area contributed by atoms with Crippen LogP contribution in [0.4, 0.5) is 5.69 Å². The summed E-state index contributed by atoms with van der Waals surface area (Å²) in [4.78, 5) is 20.7. The van der Waals surface area contributed by atoms with Gasteiger partial charge in [0.15, 0.2) is 0 Å². The summed E-state index contributed by atoms with van der Waals surface area (Å²) >= 11 is 0. The first-order valence-corrected chi connectivity index (χ1v) is 12.0. The highest BCUT2D eigenvalue weighted by molar-refractivity contribution is 7.92. The van der Waals surface area contributed by atoms with Crippen molar-refractivity contribution in [1.29, 1.82) is 0 Å². The van der Waals surface area contributed by atoms with Gasteiger partial charge in [0, 0.05) is 43.3 Å². The predicted molar refractivity (Wildman–Crippen MR) is 127 cm³/mol. The topological polar surface area (TPSA) is 94.0 Å². The zero-order valence-electron chi connectivity index (χ0n) is 18.2. The van der Waals surface area contributed by atoms with Gasteiger partial charge in [-0.05, 0) is 54.8 Å². The van der Waals surface area contributed by atoms with Gasteiger partial charge in [0.25, 0.3) is 10.0 Å². The zero-order chi connectivity index (χ0) is 23.3. The summed E-state index contributed by atoms with van der Waals surface area (Å²) in [5, 5.41) is 0. The molecule has 0 aliphatic carbocycles. The summed E-state index contributed by atoms with van der Waals surface area (Å²) in [7, 11) is -3.83. The van der Waals surface area contributed by atoms with E-state index in [0.717, 1.165) is 11.1 Å². The maximum atomic E-state index is 13.1. The number of rotatable bonds is 9. The number of hydrogen-bond donors (Lipinski definition) is 1. The van der Waals surface area contributed by atoms with Gasteiger partial charge in [-0.15, -0.1) is 0 Å². The average molecular weight is 461 g/mol. The SMILES string of the molecule is Cc1nccn1-c1ccccc1S(=O)(=O)Nc1ccc(CC(=O)CCc2cccnc2)cc1. The van der Waals surface area contributed by atoms with E-state index in [1.165, 1.54) is 0 Å². The van der Waals surface area contributed by atoms with E-state index in [-0.39, 0.29) is 10.7 Å². The van der Waals surface area contributed by atoms with Gasteiger partial charge in [0.2, 0.25) is 0 Å². The molecule has 0 saturated carbocycles. The lowest BCUT2D eigenvalue weighted by molar-refractivity contribution is -0.118. The van der Waals surface area contributed by atoms with Crippen LogP contribution in [0.25, 0.3) is 5.69 Å². The number of nitrogens with zero attached hydrogens (tertiary/aromatic N) is 3. The van der Waals surface area contributed by atoms with Crippen molar-refractivity contribution in [3.05, 3.63) is 102 Å². The number of pyridine rings is 1. The van der Waals surface area contributed by atoms with Gasteiger partial charge in [-0.2, -0.15) is 0 Å². The molecule has 0 saturated heterocycles. The lowest BCUT2D eigenvalue weighted by Crippen LogP contribution is -2.16. The molecule has 168 valence electrons. The molecule has 1 N–H and O–H groups in total. The molecule has 4 aromatic rings. The Kier molecular flexibility index (Phi) is 6.65. The van der Waals surface area contributed by atoms with Crippen molar-refractivity contribution >= 4 is 21.5 Å². The third-order valence-corrected chi connectivity index (χ3v) is 6.69. The minimum Gasteiger partial charge on any atom is -0.303 e. The highest BCUT2D eigenvalue weighted by Crippen LogP contribution is 2.24. The van der Waals surface area contributed by atoms with Crippen LogP contribution in [-0.2, 0) is 27.7 Å². The Morgan fingerprint density at radius 3 is 2.45 bits per heavy atom. The van der Waals surface area contributed by atoms with Crippen LogP contribution in [0, 0.1) is 6.92 Å². The Morgan fingerprint density at radius 2 is 1.76 bits per heavy atom. The van der Waals surface area contributed by atoms with Gasteiger partial charge >= 0.3 is 0 Å². The number of benzene rings is 2. The highest BCUT2D eigenvalue weighted by Gasteiger charge is 2.20. The average Bonchev–Trinajstić information content (AvgIpc) is 3.25. The third-order valence-electron chi connectivity index (χ3n) is 5.26. The summed E-state index contributed by atoms with van der Waals surface area (Å²) in [5.41, 5.74) is 2.82. The molecule has 0 atom stereocenters. The van der Waals surface area contributed by atoms with Crippen LogP contribution in [0.15, 0.2) is 90.3 Å². The molecule has 2 aromatic carbocycles. The Balaban J connectivity index is 1.43. The van der Waals surface area contributed by atoms with Crippen LogP contribution in [0.3, 0.4) is 0 Å². The predicted octanol–water partition coefficient (Wildman–Crippen LogP) is 4.12. The molecule has 0 unspecified atom stereocenters. The van der Waals surface area contributed by atoms with Crippen molar-refractivity contribution in [2.75, 3.05) is 4.72 Å². The van der Waals surface area contributed by atoms with E-state index in [1.54, 1.807) is 77.9 Å². The minimum absolute atomic E-state index is 0.122. The van der Waals surface area contributed by atoms with Gasteiger partial charge in [-0.25, -0.2) is 13.4 Å². The van der Waals surface area contributed by atoms with Crippen LogP contribution >= 0.6 is 0 Å². The number of para-hydroxylation sites is 1. The molecule has 2 aromatic heterocycles. The van der Waals surface area contributed by atoms with E-state index in [4.69, 9.17) is 0 Å². The van der Waals surface area contributed by atoms with Crippen LogP contribution < -0.4 is 4.72 Å². The standard InChI is InChI=1S/C25H24N4O3S/c1-19-27-15-16-29(19)24-6-2-3-7-25(24)33(31,32)28-22-11-8-20(9-12-22)17-23(30)13-10-21-5-4-14-26-18-21/h2-9,11-12,14-16,18,28H,10,13,17H2,1H3. The quantitative estimate of drug-likeness (QED) is 0.405. The van der Waals surface area contributed by atoms with Gasteiger partial charge in [-0.1, -0.05) is 30.3 Å². The number of aromatic nitrogens is 3. The van der Waals surface area contributed by atoms with E-state index < -0.39 is 10.0 Å². The van der Waals surface area contributed by atoms with Crippen molar-refractivity contribution in [3.63, 3.8) is 0 Å². The second kappa shape index (κ2) is 9.79. The maximum absolute atomic E-state index is 13.1. The highest BCUT2D eigenvalue weighted by atomic mass is 32.2. The molecule has 0 aliphatic rings. The van der Waals surface area contributed by atoms with Crippen molar-refractivity contribution in [1.82, 2.24) is 14.5 Å². The number of aryl methyl sites for hydroxylation is 2. The van der Waals surface area contributed by atoms with E-state index in [0.29, 0.717) is 36.5 Å². The Morgan fingerprint density at radius 1 is 0.970 bits per heavy atom. The molecular weight excluding hydrogens is 436 g/mol. The molecule has 0 fully saturated rings. The van der Waals surface area contributed by atoms with E-state index in [1.807, 2.05) is 19.1 Å². The fraction of sp³-hybridized carbons (Fsp3) is 0.160. The molecule has 7 nitrogen and oxygen atoms in total. The van der Waals surface area contributed by atoms with Crippen LogP contribution in [0.1, 0.15) is 23.4 Å². The maximum Gasteiger partial charge on any atom is 0.263 e. The van der Waals surface area contributed by atoms with Crippen LogP contribution in [0.2, 0.25) is 0 Å². The molecular formula is C25H24N4O3S. The van der Waals surface area contributed by atoms with E-state index in [2.05, 4.69) is 14.7 Å². The molecule has 0 radical (unpaired) electrons. The van der Waals surface area contributed by atoms with Crippen LogP contribution in [-0.4, -0.2) is 28.7 Å². The van der Waals surface area contributed by atoms with Crippen LogP contribution in [0.5, 0.6) is 0 Å². The molecule has 33 heavy (non-hydrogen) atoms. The summed E-state index contributed by atoms with van der Waals surface area (Å²) in [5.74, 6) is 0.812. The third kappa shape index (κ3) is 5.53. The molecule has 2 heterocycles. The van der Waals surface area contributed by atoms with Crippen molar-refractivity contribution in [2.24, 2.45) is 0 Å².